The number of carbonyl (C=O) groups excluding carboxylic acids is 1. The predicted octanol–water partition coefficient (Wildman–Crippen LogP) is 1.09. The van der Waals surface area contributed by atoms with Gasteiger partial charge in [0.2, 0.25) is 0 Å². The molecule has 1 atom stereocenters. The molecule has 1 aliphatic rings. The Labute approximate surface area is 115 Å². The summed E-state index contributed by atoms with van der Waals surface area (Å²) in [6.45, 7) is 1.17. The molecule has 1 fully saturated rings. The van der Waals surface area contributed by atoms with Crippen LogP contribution >= 0.6 is 0 Å². The van der Waals surface area contributed by atoms with E-state index in [1.54, 1.807) is 12.1 Å². The Morgan fingerprint density at radius 2 is 2.35 bits per heavy atom. The lowest BCUT2D eigenvalue weighted by Gasteiger charge is -2.11. The average Bonchev–Trinajstić information content (AvgIpc) is 2.89. The molecule has 2 amide bonds. The molecule has 106 valence electrons. The van der Waals surface area contributed by atoms with Gasteiger partial charge in [0.1, 0.15) is 5.82 Å². The second kappa shape index (κ2) is 6.67. The first-order chi connectivity index (χ1) is 9.63. The number of ether oxygens (including phenoxy) is 1. The van der Waals surface area contributed by atoms with E-state index in [9.17, 15) is 9.59 Å². The van der Waals surface area contributed by atoms with Crippen molar-refractivity contribution in [2.75, 3.05) is 18.5 Å². The zero-order valence-corrected chi connectivity index (χ0v) is 10.7. The molecule has 0 spiro atoms. The molecule has 0 bridgehead atoms. The van der Waals surface area contributed by atoms with Crippen LogP contribution in [0.4, 0.5) is 10.6 Å². The van der Waals surface area contributed by atoms with Crippen molar-refractivity contribution in [1.82, 2.24) is 10.3 Å². The number of amides is 2. The lowest BCUT2D eigenvalue weighted by Crippen LogP contribution is -2.38. The van der Waals surface area contributed by atoms with E-state index in [4.69, 9.17) is 9.84 Å². The number of carboxylic acids is 1. The standard InChI is InChI=1S/C13H15N3O4/c17-12(18)2-1-9-3-5-14-11(7-9)16-13(19)15-10-4-6-20-8-10/h1-3,5,7,10H,4,6,8H2,(H,17,18)(H2,14,15,16,19)/b2-1+. The van der Waals surface area contributed by atoms with Crippen molar-refractivity contribution < 1.29 is 19.4 Å². The normalized spacial score (nSPS) is 18.1. The molecule has 3 N–H and O–H groups in total. The Bertz CT molecular complexity index is 524. The van der Waals surface area contributed by atoms with Crippen molar-refractivity contribution in [2.24, 2.45) is 0 Å². The summed E-state index contributed by atoms with van der Waals surface area (Å²) >= 11 is 0. The first-order valence-electron chi connectivity index (χ1n) is 6.16. The summed E-state index contributed by atoms with van der Waals surface area (Å²) in [6, 6.07) is 2.90. The summed E-state index contributed by atoms with van der Waals surface area (Å²) in [5, 5.41) is 13.9. The first-order valence-corrected chi connectivity index (χ1v) is 6.16. The number of pyridine rings is 1. The fourth-order valence-corrected chi connectivity index (χ4v) is 1.77. The molecule has 0 radical (unpaired) electrons. The first kappa shape index (κ1) is 14.0. The van der Waals surface area contributed by atoms with E-state index >= 15 is 0 Å². The number of nitrogens with zero attached hydrogens (tertiary/aromatic N) is 1. The zero-order chi connectivity index (χ0) is 14.4. The number of urea groups is 1. The highest BCUT2D eigenvalue weighted by molar-refractivity contribution is 5.89. The largest absolute Gasteiger partial charge is 0.478 e. The SMILES string of the molecule is O=C(O)/C=C/c1ccnc(NC(=O)NC2CCOC2)c1. The third kappa shape index (κ3) is 4.36. The number of aromatic nitrogens is 1. The second-order valence-corrected chi connectivity index (χ2v) is 4.30. The summed E-state index contributed by atoms with van der Waals surface area (Å²) in [7, 11) is 0. The van der Waals surface area contributed by atoms with E-state index < -0.39 is 5.97 Å². The quantitative estimate of drug-likeness (QED) is 0.715. The monoisotopic (exact) mass is 277 g/mol. The molecular formula is C13H15N3O4. The molecule has 1 aromatic rings. The molecule has 0 aliphatic carbocycles. The summed E-state index contributed by atoms with van der Waals surface area (Å²) in [6.07, 6.45) is 4.74. The molecule has 0 saturated carbocycles. The number of nitrogens with one attached hydrogen (secondary N) is 2. The number of hydrogen-bond donors (Lipinski definition) is 3. The Kier molecular flexibility index (Phi) is 4.67. The van der Waals surface area contributed by atoms with Crippen molar-refractivity contribution >= 4 is 23.9 Å². The Balaban J connectivity index is 1.93. The van der Waals surface area contributed by atoms with Crippen LogP contribution in [0.25, 0.3) is 6.08 Å². The van der Waals surface area contributed by atoms with Crippen LogP contribution in [0.1, 0.15) is 12.0 Å². The molecule has 2 rings (SSSR count). The van der Waals surface area contributed by atoms with Gasteiger partial charge in [-0.1, -0.05) is 0 Å². The van der Waals surface area contributed by atoms with Crippen LogP contribution in [0.5, 0.6) is 0 Å². The molecule has 1 unspecified atom stereocenters. The highest BCUT2D eigenvalue weighted by atomic mass is 16.5. The third-order valence-corrected chi connectivity index (χ3v) is 2.71. The van der Waals surface area contributed by atoms with Crippen LogP contribution < -0.4 is 10.6 Å². The van der Waals surface area contributed by atoms with Gasteiger partial charge in [-0.15, -0.1) is 0 Å². The number of rotatable bonds is 4. The third-order valence-electron chi connectivity index (χ3n) is 2.71. The molecular weight excluding hydrogens is 262 g/mol. The summed E-state index contributed by atoms with van der Waals surface area (Å²) in [5.41, 5.74) is 0.641. The Morgan fingerprint density at radius 1 is 1.50 bits per heavy atom. The van der Waals surface area contributed by atoms with Crippen molar-refractivity contribution in [3.05, 3.63) is 30.0 Å². The number of aliphatic carboxylic acids is 1. The second-order valence-electron chi connectivity index (χ2n) is 4.30. The van der Waals surface area contributed by atoms with Crippen LogP contribution in [-0.4, -0.2) is 41.3 Å². The van der Waals surface area contributed by atoms with Gasteiger partial charge in [0.05, 0.1) is 12.6 Å². The molecule has 0 aromatic carbocycles. The maximum absolute atomic E-state index is 11.7. The molecule has 20 heavy (non-hydrogen) atoms. The number of carbonyl (C=O) groups is 2. The van der Waals surface area contributed by atoms with E-state index in [1.165, 1.54) is 12.3 Å². The fraction of sp³-hybridized carbons (Fsp3) is 0.308. The minimum atomic E-state index is -1.03. The smallest absolute Gasteiger partial charge is 0.328 e. The topological polar surface area (TPSA) is 101 Å². The molecule has 2 heterocycles. The van der Waals surface area contributed by atoms with E-state index in [-0.39, 0.29) is 12.1 Å². The van der Waals surface area contributed by atoms with E-state index in [0.717, 1.165) is 12.5 Å². The summed E-state index contributed by atoms with van der Waals surface area (Å²) in [5.74, 6) is -0.677. The number of hydrogen-bond acceptors (Lipinski definition) is 4. The van der Waals surface area contributed by atoms with Gasteiger partial charge >= 0.3 is 12.0 Å². The van der Waals surface area contributed by atoms with Crippen LogP contribution in [0, 0.1) is 0 Å². The van der Waals surface area contributed by atoms with Crippen LogP contribution in [0.2, 0.25) is 0 Å². The van der Waals surface area contributed by atoms with Crippen molar-refractivity contribution in [2.45, 2.75) is 12.5 Å². The lowest BCUT2D eigenvalue weighted by atomic mass is 10.2. The fourth-order valence-electron chi connectivity index (χ4n) is 1.77. The van der Waals surface area contributed by atoms with E-state index in [0.29, 0.717) is 24.6 Å². The Hall–Kier alpha value is -2.41. The lowest BCUT2D eigenvalue weighted by molar-refractivity contribution is -0.131. The van der Waals surface area contributed by atoms with Gasteiger partial charge in [-0.05, 0) is 30.2 Å². The zero-order valence-electron chi connectivity index (χ0n) is 10.7. The van der Waals surface area contributed by atoms with Gasteiger partial charge in [-0.25, -0.2) is 14.6 Å². The highest BCUT2D eigenvalue weighted by Gasteiger charge is 2.17. The molecule has 7 heteroatoms. The van der Waals surface area contributed by atoms with E-state index in [1.807, 2.05) is 0 Å². The van der Waals surface area contributed by atoms with Gasteiger partial charge in [0, 0.05) is 18.9 Å². The molecule has 1 saturated heterocycles. The minimum Gasteiger partial charge on any atom is -0.478 e. The average molecular weight is 277 g/mol. The predicted molar refractivity (Wildman–Crippen MR) is 72.3 cm³/mol. The van der Waals surface area contributed by atoms with Gasteiger partial charge in [0.15, 0.2) is 0 Å². The minimum absolute atomic E-state index is 0.0186. The van der Waals surface area contributed by atoms with Gasteiger partial charge < -0.3 is 15.2 Å². The van der Waals surface area contributed by atoms with Gasteiger partial charge in [-0.2, -0.15) is 0 Å². The van der Waals surface area contributed by atoms with Crippen LogP contribution in [-0.2, 0) is 9.53 Å². The van der Waals surface area contributed by atoms with Crippen molar-refractivity contribution in [3.63, 3.8) is 0 Å². The maximum Gasteiger partial charge on any atom is 0.328 e. The number of anilines is 1. The van der Waals surface area contributed by atoms with Crippen molar-refractivity contribution in [1.29, 1.82) is 0 Å². The van der Waals surface area contributed by atoms with E-state index in [2.05, 4.69) is 15.6 Å². The molecule has 1 aliphatic heterocycles. The Morgan fingerprint density at radius 3 is 3.05 bits per heavy atom. The van der Waals surface area contributed by atoms with Gasteiger partial charge in [0.25, 0.3) is 0 Å². The van der Waals surface area contributed by atoms with Crippen LogP contribution in [0.3, 0.4) is 0 Å². The highest BCUT2D eigenvalue weighted by Crippen LogP contribution is 2.09. The molecule has 1 aromatic heterocycles. The van der Waals surface area contributed by atoms with Crippen LogP contribution in [0.15, 0.2) is 24.4 Å². The summed E-state index contributed by atoms with van der Waals surface area (Å²) in [4.78, 5) is 26.1. The maximum atomic E-state index is 11.7. The van der Waals surface area contributed by atoms with Gasteiger partial charge in [-0.3, -0.25) is 5.32 Å². The molecule has 7 nitrogen and oxygen atoms in total. The summed E-state index contributed by atoms with van der Waals surface area (Å²) < 4.78 is 5.16. The van der Waals surface area contributed by atoms with Crippen molar-refractivity contribution in [3.8, 4) is 0 Å². The number of carboxylic acid groups (broad SMARTS) is 1.